The minimum absolute atomic E-state index is 0.773. The Morgan fingerprint density at radius 2 is 2.00 bits per heavy atom. The molecule has 2 fully saturated rings. The smallest absolute Gasteiger partial charge is 0.0408 e. The first-order chi connectivity index (χ1) is 9.28. The van der Waals surface area contributed by atoms with Crippen molar-refractivity contribution in [3.63, 3.8) is 0 Å². The Bertz CT molecular complexity index is 450. The molecule has 0 radical (unpaired) electrons. The molecule has 0 saturated carbocycles. The van der Waals surface area contributed by atoms with E-state index in [-0.39, 0.29) is 0 Å². The summed E-state index contributed by atoms with van der Waals surface area (Å²) in [7, 11) is 0. The first kappa shape index (κ1) is 13.9. The third kappa shape index (κ3) is 3.01. The highest BCUT2D eigenvalue weighted by atomic mass is 79.9. The van der Waals surface area contributed by atoms with Crippen LogP contribution in [0.1, 0.15) is 24.8 Å². The van der Waals surface area contributed by atoms with Gasteiger partial charge in [0.1, 0.15) is 0 Å². The van der Waals surface area contributed by atoms with Crippen LogP contribution in [0, 0.1) is 0 Å². The molecule has 0 spiro atoms. The highest BCUT2D eigenvalue weighted by molar-refractivity contribution is 9.10. The van der Waals surface area contributed by atoms with E-state index < -0.39 is 0 Å². The number of anilines is 1. The highest BCUT2D eigenvalue weighted by Gasteiger charge is 2.29. The maximum atomic E-state index is 3.63. The lowest BCUT2D eigenvalue weighted by molar-refractivity contribution is 0.273. The van der Waals surface area contributed by atoms with Gasteiger partial charge in [-0.3, -0.25) is 4.90 Å². The molecule has 2 saturated heterocycles. The van der Waals surface area contributed by atoms with Crippen molar-refractivity contribution in [2.45, 2.75) is 30.6 Å². The third-order valence-electron chi connectivity index (χ3n) is 4.33. The van der Waals surface area contributed by atoms with E-state index in [4.69, 9.17) is 0 Å². The van der Waals surface area contributed by atoms with E-state index in [1.165, 1.54) is 61.2 Å². The normalized spacial score (nSPS) is 24.3. The number of nitrogens with zero attached hydrogens (tertiary/aromatic N) is 2. The molecule has 2 heterocycles. The summed E-state index contributed by atoms with van der Waals surface area (Å²) in [4.78, 5) is 5.28. The number of fused-ring (bicyclic) bond motifs is 1. The van der Waals surface area contributed by atoms with E-state index in [0.717, 1.165) is 11.4 Å². The topological polar surface area (TPSA) is 6.48 Å². The molecule has 104 valence electrons. The van der Waals surface area contributed by atoms with Crippen LogP contribution in [-0.2, 0) is 5.33 Å². The van der Waals surface area contributed by atoms with E-state index >= 15 is 0 Å². The van der Waals surface area contributed by atoms with Gasteiger partial charge in [0.2, 0.25) is 0 Å². The van der Waals surface area contributed by atoms with Gasteiger partial charge in [-0.1, -0.05) is 31.9 Å². The average molecular weight is 388 g/mol. The molecular weight excluding hydrogens is 368 g/mol. The van der Waals surface area contributed by atoms with E-state index in [1.54, 1.807) is 0 Å². The SMILES string of the molecule is BrCc1cc(Br)ccc1N1CCCN2CCCC2C1. The van der Waals surface area contributed by atoms with Gasteiger partial charge in [0.15, 0.2) is 0 Å². The van der Waals surface area contributed by atoms with E-state index in [2.05, 4.69) is 59.9 Å². The molecule has 1 aromatic rings. The van der Waals surface area contributed by atoms with Crippen LogP contribution in [0.4, 0.5) is 5.69 Å². The van der Waals surface area contributed by atoms with Crippen molar-refractivity contribution >= 4 is 37.5 Å². The Hall–Kier alpha value is -0.0600. The molecule has 1 unspecified atom stereocenters. The number of benzene rings is 1. The van der Waals surface area contributed by atoms with Gasteiger partial charge in [0.05, 0.1) is 0 Å². The first-order valence-electron chi connectivity index (χ1n) is 7.11. The Morgan fingerprint density at radius 1 is 1.16 bits per heavy atom. The van der Waals surface area contributed by atoms with Crippen LogP contribution in [0.25, 0.3) is 0 Å². The summed E-state index contributed by atoms with van der Waals surface area (Å²) in [6, 6.07) is 7.44. The zero-order valence-electron chi connectivity index (χ0n) is 11.1. The number of hydrogen-bond donors (Lipinski definition) is 0. The molecule has 2 aliphatic rings. The molecule has 0 aromatic heterocycles. The van der Waals surface area contributed by atoms with Crippen molar-refractivity contribution in [1.82, 2.24) is 4.90 Å². The van der Waals surface area contributed by atoms with Gasteiger partial charge >= 0.3 is 0 Å². The predicted molar refractivity (Wildman–Crippen MR) is 88.2 cm³/mol. The fourth-order valence-electron chi connectivity index (χ4n) is 3.40. The fourth-order valence-corrected chi connectivity index (χ4v) is 4.25. The van der Waals surface area contributed by atoms with Crippen LogP contribution >= 0.6 is 31.9 Å². The summed E-state index contributed by atoms with van der Waals surface area (Å²) < 4.78 is 1.17. The number of rotatable bonds is 2. The summed E-state index contributed by atoms with van der Waals surface area (Å²) in [6.07, 6.45) is 4.04. The van der Waals surface area contributed by atoms with Gasteiger partial charge in [0, 0.05) is 41.2 Å². The van der Waals surface area contributed by atoms with Gasteiger partial charge < -0.3 is 4.90 Å². The molecule has 2 nitrogen and oxygen atoms in total. The monoisotopic (exact) mass is 386 g/mol. The van der Waals surface area contributed by atoms with Crippen LogP contribution in [0.15, 0.2) is 22.7 Å². The van der Waals surface area contributed by atoms with Crippen molar-refractivity contribution < 1.29 is 0 Å². The van der Waals surface area contributed by atoms with Gasteiger partial charge in [-0.25, -0.2) is 0 Å². The second-order valence-corrected chi connectivity index (χ2v) is 7.01. The summed E-state index contributed by atoms with van der Waals surface area (Å²) in [5, 5.41) is 0.923. The van der Waals surface area contributed by atoms with Crippen LogP contribution in [0.3, 0.4) is 0 Å². The highest BCUT2D eigenvalue weighted by Crippen LogP contribution is 2.30. The molecule has 2 aliphatic heterocycles. The molecule has 0 N–H and O–H groups in total. The van der Waals surface area contributed by atoms with Crippen molar-refractivity contribution in [1.29, 1.82) is 0 Å². The summed E-state index contributed by atoms with van der Waals surface area (Å²) in [5.74, 6) is 0. The quantitative estimate of drug-likeness (QED) is 0.707. The summed E-state index contributed by atoms with van der Waals surface area (Å²) in [6.45, 7) is 4.97. The zero-order valence-corrected chi connectivity index (χ0v) is 14.3. The zero-order chi connectivity index (χ0) is 13.2. The maximum absolute atomic E-state index is 3.63. The van der Waals surface area contributed by atoms with Crippen LogP contribution < -0.4 is 4.90 Å². The predicted octanol–water partition coefficient (Wildman–Crippen LogP) is 4.02. The molecule has 1 atom stereocenters. The fraction of sp³-hybridized carbons (Fsp3) is 0.600. The maximum Gasteiger partial charge on any atom is 0.0408 e. The molecule has 1 aromatic carbocycles. The second kappa shape index (κ2) is 6.15. The van der Waals surface area contributed by atoms with Crippen LogP contribution in [0.2, 0.25) is 0 Å². The molecule has 0 bridgehead atoms. The number of halogens is 2. The Morgan fingerprint density at radius 3 is 2.84 bits per heavy atom. The van der Waals surface area contributed by atoms with Crippen molar-refractivity contribution in [2.24, 2.45) is 0 Å². The van der Waals surface area contributed by atoms with Crippen molar-refractivity contribution in [2.75, 3.05) is 31.1 Å². The minimum atomic E-state index is 0.773. The summed E-state index contributed by atoms with van der Waals surface area (Å²) in [5.41, 5.74) is 2.80. The molecule has 19 heavy (non-hydrogen) atoms. The first-order valence-corrected chi connectivity index (χ1v) is 9.03. The standard InChI is InChI=1S/C15H20Br2N2/c16-10-12-9-13(17)4-5-15(12)19-8-2-7-18-6-1-3-14(18)11-19/h4-5,9,14H,1-3,6-8,10-11H2. The van der Waals surface area contributed by atoms with E-state index in [1.807, 2.05) is 0 Å². The molecule has 0 amide bonds. The lowest BCUT2D eigenvalue weighted by atomic mass is 10.1. The number of alkyl halides is 1. The molecular formula is C15H20Br2N2. The Labute approximate surface area is 132 Å². The van der Waals surface area contributed by atoms with Crippen LogP contribution in [0.5, 0.6) is 0 Å². The molecule has 4 heteroatoms. The van der Waals surface area contributed by atoms with Gasteiger partial charge in [-0.2, -0.15) is 0 Å². The van der Waals surface area contributed by atoms with E-state index in [0.29, 0.717) is 0 Å². The largest absolute Gasteiger partial charge is 0.370 e. The van der Waals surface area contributed by atoms with Crippen molar-refractivity contribution in [3.05, 3.63) is 28.2 Å². The van der Waals surface area contributed by atoms with E-state index in [9.17, 15) is 0 Å². The lowest BCUT2D eigenvalue weighted by Gasteiger charge is -2.29. The van der Waals surface area contributed by atoms with Gasteiger partial charge in [-0.15, -0.1) is 0 Å². The number of hydrogen-bond acceptors (Lipinski definition) is 2. The van der Waals surface area contributed by atoms with Gasteiger partial charge in [0.25, 0.3) is 0 Å². The Balaban J connectivity index is 1.84. The molecule has 0 aliphatic carbocycles. The average Bonchev–Trinajstić information content (AvgIpc) is 2.76. The third-order valence-corrected chi connectivity index (χ3v) is 5.43. The summed E-state index contributed by atoms with van der Waals surface area (Å²) >= 11 is 7.20. The van der Waals surface area contributed by atoms with Crippen molar-refractivity contribution in [3.8, 4) is 0 Å². The lowest BCUT2D eigenvalue weighted by Crippen LogP contribution is -2.36. The minimum Gasteiger partial charge on any atom is -0.370 e. The van der Waals surface area contributed by atoms with Crippen LogP contribution in [-0.4, -0.2) is 37.1 Å². The van der Waals surface area contributed by atoms with Gasteiger partial charge in [-0.05, 0) is 49.6 Å². The molecule has 3 rings (SSSR count). The Kier molecular flexibility index (Phi) is 4.50. The second-order valence-electron chi connectivity index (χ2n) is 5.54.